The first kappa shape index (κ1) is 20.0. The van der Waals surface area contributed by atoms with E-state index in [9.17, 15) is 4.79 Å². The molecule has 6 heteroatoms. The molecule has 1 aliphatic carbocycles. The number of thiophene rings is 1. The summed E-state index contributed by atoms with van der Waals surface area (Å²) in [5.41, 5.74) is 3.07. The first-order valence-electron chi connectivity index (χ1n) is 9.81. The molecule has 0 fully saturated rings. The molecule has 2 aromatic heterocycles. The number of benzene rings is 1. The van der Waals surface area contributed by atoms with E-state index in [1.165, 1.54) is 10.4 Å². The Bertz CT molecular complexity index is 1100. The van der Waals surface area contributed by atoms with E-state index in [4.69, 9.17) is 16.6 Å². The third-order valence-electron chi connectivity index (χ3n) is 5.26. The van der Waals surface area contributed by atoms with Crippen LogP contribution in [0.25, 0.3) is 15.9 Å². The minimum Gasteiger partial charge on any atom is -0.268 e. The molecule has 0 radical (unpaired) electrons. The van der Waals surface area contributed by atoms with E-state index in [-0.39, 0.29) is 5.56 Å². The van der Waals surface area contributed by atoms with Crippen LogP contribution in [0, 0.1) is 18.8 Å². The van der Waals surface area contributed by atoms with Crippen molar-refractivity contribution in [1.82, 2.24) is 9.55 Å². The second kappa shape index (κ2) is 7.85. The Morgan fingerprint density at radius 1 is 1.39 bits per heavy atom. The van der Waals surface area contributed by atoms with Crippen molar-refractivity contribution >= 4 is 44.9 Å². The fourth-order valence-electron chi connectivity index (χ4n) is 3.66. The van der Waals surface area contributed by atoms with Gasteiger partial charge in [0.2, 0.25) is 0 Å². The Morgan fingerprint density at radius 2 is 2.18 bits per heavy atom. The Kier molecular flexibility index (Phi) is 5.60. The van der Waals surface area contributed by atoms with E-state index in [2.05, 4.69) is 20.8 Å². The van der Waals surface area contributed by atoms with Crippen LogP contribution >= 0.6 is 34.7 Å². The second-order valence-corrected chi connectivity index (χ2v) is 10.7. The van der Waals surface area contributed by atoms with Gasteiger partial charge in [-0.2, -0.15) is 0 Å². The molecule has 28 heavy (non-hydrogen) atoms. The summed E-state index contributed by atoms with van der Waals surface area (Å²) in [6.07, 6.45) is 3.17. The van der Waals surface area contributed by atoms with E-state index < -0.39 is 0 Å². The van der Waals surface area contributed by atoms with Crippen molar-refractivity contribution in [3.63, 3.8) is 0 Å². The number of hydrogen-bond acceptors (Lipinski definition) is 4. The van der Waals surface area contributed by atoms with Gasteiger partial charge in [-0.25, -0.2) is 4.98 Å². The predicted molar refractivity (Wildman–Crippen MR) is 122 cm³/mol. The summed E-state index contributed by atoms with van der Waals surface area (Å²) < 4.78 is 1.77. The summed E-state index contributed by atoms with van der Waals surface area (Å²) in [7, 11) is 0. The van der Waals surface area contributed by atoms with Gasteiger partial charge >= 0.3 is 0 Å². The smallest absolute Gasteiger partial charge is 0.267 e. The van der Waals surface area contributed by atoms with Crippen molar-refractivity contribution in [2.75, 3.05) is 5.75 Å². The molecule has 4 rings (SSSR count). The van der Waals surface area contributed by atoms with Crippen LogP contribution in [0.3, 0.4) is 0 Å². The van der Waals surface area contributed by atoms with Gasteiger partial charge in [-0.05, 0) is 61.3 Å². The lowest BCUT2D eigenvalue weighted by atomic mass is 9.89. The molecule has 0 spiro atoms. The fourth-order valence-corrected chi connectivity index (χ4v) is 6.22. The highest BCUT2D eigenvalue weighted by atomic mass is 35.5. The molecular formula is C22H25ClN2OS2. The summed E-state index contributed by atoms with van der Waals surface area (Å²) in [5, 5.41) is 2.25. The maximum atomic E-state index is 13.7. The lowest BCUT2D eigenvalue weighted by molar-refractivity contribution is 0.509. The molecule has 1 aliphatic rings. The molecule has 0 aliphatic heterocycles. The molecule has 0 saturated carbocycles. The molecule has 0 bridgehead atoms. The Morgan fingerprint density at radius 3 is 2.89 bits per heavy atom. The van der Waals surface area contributed by atoms with Crippen molar-refractivity contribution in [3.8, 4) is 5.69 Å². The molecule has 1 aromatic carbocycles. The zero-order chi connectivity index (χ0) is 20.0. The quantitative estimate of drug-likeness (QED) is 0.359. The molecule has 3 aromatic rings. The molecule has 2 heterocycles. The highest BCUT2D eigenvalue weighted by Gasteiger charge is 2.25. The van der Waals surface area contributed by atoms with Gasteiger partial charge in [0.05, 0.1) is 11.1 Å². The third kappa shape index (κ3) is 3.64. The topological polar surface area (TPSA) is 34.9 Å². The van der Waals surface area contributed by atoms with E-state index in [0.29, 0.717) is 16.9 Å². The molecule has 148 valence electrons. The van der Waals surface area contributed by atoms with E-state index >= 15 is 0 Å². The normalized spacial score (nSPS) is 16.7. The molecule has 0 saturated heterocycles. The zero-order valence-corrected chi connectivity index (χ0v) is 19.1. The first-order chi connectivity index (χ1) is 13.3. The number of aryl methyl sites for hydroxylation is 2. The highest BCUT2D eigenvalue weighted by molar-refractivity contribution is 7.99. The minimum atomic E-state index is 0.0447. The van der Waals surface area contributed by atoms with Crippen LogP contribution in [-0.4, -0.2) is 15.3 Å². The molecule has 1 atom stereocenters. The van der Waals surface area contributed by atoms with Crippen molar-refractivity contribution < 1.29 is 0 Å². The van der Waals surface area contributed by atoms with Crippen molar-refractivity contribution in [1.29, 1.82) is 0 Å². The Balaban J connectivity index is 1.96. The van der Waals surface area contributed by atoms with E-state index in [1.54, 1.807) is 27.7 Å². The number of thioether (sulfide) groups is 1. The van der Waals surface area contributed by atoms with Gasteiger partial charge in [-0.15, -0.1) is 11.3 Å². The van der Waals surface area contributed by atoms with Gasteiger partial charge in [-0.1, -0.05) is 50.2 Å². The maximum absolute atomic E-state index is 13.7. The van der Waals surface area contributed by atoms with Gasteiger partial charge in [0.25, 0.3) is 5.56 Å². The molecule has 3 nitrogen and oxygen atoms in total. The van der Waals surface area contributed by atoms with Gasteiger partial charge in [0, 0.05) is 15.7 Å². The van der Waals surface area contributed by atoms with Crippen molar-refractivity contribution in [2.45, 2.75) is 52.1 Å². The van der Waals surface area contributed by atoms with Crippen LogP contribution in [0.4, 0.5) is 0 Å². The lowest BCUT2D eigenvalue weighted by Gasteiger charge is -2.18. The monoisotopic (exact) mass is 432 g/mol. The summed E-state index contributed by atoms with van der Waals surface area (Å²) in [6.45, 7) is 8.63. The summed E-state index contributed by atoms with van der Waals surface area (Å²) in [4.78, 5) is 20.9. The maximum Gasteiger partial charge on any atom is 0.267 e. The molecule has 0 amide bonds. The number of fused-ring (bicyclic) bond motifs is 3. The number of nitrogens with zero attached hydrogens (tertiary/aromatic N) is 2. The average Bonchev–Trinajstić information content (AvgIpc) is 3.00. The molecule has 0 N–H and O–H groups in total. The number of hydrogen-bond donors (Lipinski definition) is 0. The van der Waals surface area contributed by atoms with Gasteiger partial charge < -0.3 is 0 Å². The first-order valence-corrected chi connectivity index (χ1v) is 12.0. The van der Waals surface area contributed by atoms with Crippen LogP contribution in [-0.2, 0) is 12.8 Å². The zero-order valence-electron chi connectivity index (χ0n) is 16.7. The predicted octanol–water partition coefficient (Wildman–Crippen LogP) is 6.28. The summed E-state index contributed by atoms with van der Waals surface area (Å²) >= 11 is 9.75. The Labute approximate surface area is 179 Å². The summed E-state index contributed by atoms with van der Waals surface area (Å²) in [5.74, 6) is 2.11. The van der Waals surface area contributed by atoms with Crippen LogP contribution in [0.5, 0.6) is 0 Å². The fraction of sp³-hybridized carbons (Fsp3) is 0.455. The standard InChI is InChI=1S/C22H25ClN2OS2/c1-12(2)11-27-22-24-20-19(16-8-5-13(3)9-18(16)28-20)21(26)25(22)15-7-6-14(4)17(23)10-15/h6-7,10,12-13H,5,8-9,11H2,1-4H3. The van der Waals surface area contributed by atoms with Gasteiger partial charge in [-0.3, -0.25) is 9.36 Å². The molecule has 1 unspecified atom stereocenters. The largest absolute Gasteiger partial charge is 0.268 e. The van der Waals surface area contributed by atoms with Crippen molar-refractivity contribution in [3.05, 3.63) is 49.6 Å². The average molecular weight is 433 g/mol. The Hall–Kier alpha value is -1.30. The summed E-state index contributed by atoms with van der Waals surface area (Å²) in [6, 6.07) is 5.82. The second-order valence-electron chi connectivity index (χ2n) is 8.21. The number of rotatable bonds is 4. The van der Waals surface area contributed by atoms with Crippen LogP contribution in [0.15, 0.2) is 28.2 Å². The SMILES string of the molecule is Cc1ccc(-n2c(SCC(C)C)nc3sc4c(c3c2=O)CCC(C)C4)cc1Cl. The van der Waals surface area contributed by atoms with Crippen LogP contribution in [0.2, 0.25) is 5.02 Å². The minimum absolute atomic E-state index is 0.0447. The number of halogens is 1. The lowest BCUT2D eigenvalue weighted by Crippen LogP contribution is -2.23. The van der Waals surface area contributed by atoms with Crippen molar-refractivity contribution in [2.24, 2.45) is 11.8 Å². The van der Waals surface area contributed by atoms with Crippen LogP contribution in [0.1, 0.15) is 43.2 Å². The van der Waals surface area contributed by atoms with Gasteiger partial charge in [0.1, 0.15) is 4.83 Å². The van der Waals surface area contributed by atoms with Crippen LogP contribution < -0.4 is 5.56 Å². The van der Waals surface area contributed by atoms with E-state index in [1.807, 2.05) is 25.1 Å². The third-order valence-corrected chi connectivity index (χ3v) is 8.18. The van der Waals surface area contributed by atoms with E-state index in [0.717, 1.165) is 51.6 Å². The highest BCUT2D eigenvalue weighted by Crippen LogP contribution is 2.37. The number of aromatic nitrogens is 2. The van der Waals surface area contributed by atoms with Gasteiger partial charge in [0.15, 0.2) is 5.16 Å². The molecular weight excluding hydrogens is 408 g/mol.